The van der Waals surface area contributed by atoms with Gasteiger partial charge in [0.15, 0.2) is 0 Å². The van der Waals surface area contributed by atoms with Crippen molar-refractivity contribution in [1.82, 2.24) is 4.90 Å². The second-order valence-electron chi connectivity index (χ2n) is 5.65. The Kier molecular flexibility index (Phi) is 6.30. The predicted octanol–water partition coefficient (Wildman–Crippen LogP) is 2.86. The number of hydrogen-bond acceptors (Lipinski definition) is 3. The van der Waals surface area contributed by atoms with Gasteiger partial charge < -0.3 is 15.1 Å². The highest BCUT2D eigenvalue weighted by Crippen LogP contribution is 2.26. The van der Waals surface area contributed by atoms with Crippen molar-refractivity contribution in [2.75, 3.05) is 26.2 Å². The lowest BCUT2D eigenvalue weighted by Crippen LogP contribution is -2.36. The lowest BCUT2D eigenvalue weighted by molar-refractivity contribution is 0.110. The molecule has 0 bridgehead atoms. The molecule has 0 aliphatic carbocycles. The Hall–Kier alpha value is -0.610. The van der Waals surface area contributed by atoms with Crippen molar-refractivity contribution >= 4 is 11.6 Å². The van der Waals surface area contributed by atoms with E-state index in [1.807, 2.05) is 24.3 Å². The quantitative estimate of drug-likeness (QED) is 0.848. The molecule has 0 saturated carbocycles. The number of piperidine rings is 1. The fourth-order valence-corrected chi connectivity index (χ4v) is 3.24. The van der Waals surface area contributed by atoms with E-state index in [1.54, 1.807) is 0 Å². The molecule has 1 aliphatic rings. The van der Waals surface area contributed by atoms with Gasteiger partial charge in [0.2, 0.25) is 0 Å². The molecule has 1 heterocycles. The summed E-state index contributed by atoms with van der Waals surface area (Å²) >= 11 is 6.10. The van der Waals surface area contributed by atoms with Gasteiger partial charge in [-0.2, -0.15) is 0 Å². The monoisotopic (exact) mass is 297 g/mol. The van der Waals surface area contributed by atoms with E-state index in [1.165, 1.54) is 12.8 Å². The fraction of sp³-hybridized carbons (Fsp3) is 0.625. The molecule has 1 aromatic carbocycles. The fourth-order valence-electron chi connectivity index (χ4n) is 2.98. The van der Waals surface area contributed by atoms with Crippen LogP contribution >= 0.6 is 11.6 Å². The first kappa shape index (κ1) is 15.8. The third-order valence-electron chi connectivity index (χ3n) is 4.12. The molecule has 112 valence electrons. The van der Waals surface area contributed by atoms with Crippen LogP contribution in [0.15, 0.2) is 24.3 Å². The van der Waals surface area contributed by atoms with Gasteiger partial charge in [-0.3, -0.25) is 0 Å². The summed E-state index contributed by atoms with van der Waals surface area (Å²) < 4.78 is 0. The van der Waals surface area contributed by atoms with Gasteiger partial charge in [0.05, 0.1) is 6.10 Å². The van der Waals surface area contributed by atoms with E-state index in [-0.39, 0.29) is 6.61 Å². The SMILES string of the molecule is OCCC1CCCN(CCC(O)c2ccccc2Cl)C1. The maximum atomic E-state index is 10.3. The van der Waals surface area contributed by atoms with E-state index in [9.17, 15) is 5.11 Å². The van der Waals surface area contributed by atoms with Gasteiger partial charge in [-0.05, 0) is 49.8 Å². The van der Waals surface area contributed by atoms with Gasteiger partial charge in [-0.25, -0.2) is 0 Å². The van der Waals surface area contributed by atoms with Crippen LogP contribution in [0.25, 0.3) is 0 Å². The topological polar surface area (TPSA) is 43.7 Å². The molecular formula is C16H24ClNO2. The van der Waals surface area contributed by atoms with Gasteiger partial charge in [-0.1, -0.05) is 29.8 Å². The zero-order chi connectivity index (χ0) is 14.4. The van der Waals surface area contributed by atoms with Crippen LogP contribution in [0.3, 0.4) is 0 Å². The zero-order valence-electron chi connectivity index (χ0n) is 11.8. The lowest BCUT2D eigenvalue weighted by atomic mass is 9.95. The zero-order valence-corrected chi connectivity index (χ0v) is 12.6. The van der Waals surface area contributed by atoms with Crippen molar-refractivity contribution in [1.29, 1.82) is 0 Å². The highest BCUT2D eigenvalue weighted by molar-refractivity contribution is 6.31. The number of rotatable bonds is 6. The molecule has 2 N–H and O–H groups in total. The Labute approximate surface area is 126 Å². The number of halogens is 1. The van der Waals surface area contributed by atoms with E-state index < -0.39 is 6.10 Å². The number of hydrogen-bond donors (Lipinski definition) is 2. The molecule has 0 radical (unpaired) electrons. The molecular weight excluding hydrogens is 274 g/mol. The smallest absolute Gasteiger partial charge is 0.0816 e. The summed E-state index contributed by atoms with van der Waals surface area (Å²) in [5, 5.41) is 19.9. The summed E-state index contributed by atoms with van der Waals surface area (Å²) in [5.41, 5.74) is 0.818. The van der Waals surface area contributed by atoms with Crippen LogP contribution in [0.4, 0.5) is 0 Å². The van der Waals surface area contributed by atoms with Gasteiger partial charge >= 0.3 is 0 Å². The summed E-state index contributed by atoms with van der Waals surface area (Å²) in [5.74, 6) is 0.603. The normalized spacial score (nSPS) is 21.9. The van der Waals surface area contributed by atoms with E-state index in [2.05, 4.69) is 4.90 Å². The Morgan fingerprint density at radius 1 is 1.35 bits per heavy atom. The van der Waals surface area contributed by atoms with Gasteiger partial charge in [-0.15, -0.1) is 0 Å². The van der Waals surface area contributed by atoms with Crippen LogP contribution in [-0.4, -0.2) is 41.4 Å². The lowest BCUT2D eigenvalue weighted by Gasteiger charge is -2.33. The summed E-state index contributed by atoms with van der Waals surface area (Å²) in [6, 6.07) is 7.49. The van der Waals surface area contributed by atoms with Crippen LogP contribution in [0.5, 0.6) is 0 Å². The average molecular weight is 298 g/mol. The summed E-state index contributed by atoms with van der Waals surface area (Å²) in [6.45, 7) is 3.29. The Morgan fingerprint density at radius 3 is 2.90 bits per heavy atom. The Bertz CT molecular complexity index is 411. The molecule has 2 unspecified atom stereocenters. The standard InChI is InChI=1S/C16H24ClNO2/c17-15-6-2-1-5-14(15)16(20)7-10-18-9-3-4-13(12-18)8-11-19/h1-2,5-6,13,16,19-20H,3-4,7-12H2. The summed E-state index contributed by atoms with van der Waals surface area (Å²) in [6.07, 6.45) is 3.50. The van der Waals surface area contributed by atoms with E-state index >= 15 is 0 Å². The van der Waals surface area contributed by atoms with Crippen molar-refractivity contribution in [3.63, 3.8) is 0 Å². The highest BCUT2D eigenvalue weighted by atomic mass is 35.5. The molecule has 1 saturated heterocycles. The number of aliphatic hydroxyl groups excluding tert-OH is 2. The maximum Gasteiger partial charge on any atom is 0.0816 e. The van der Waals surface area contributed by atoms with Gasteiger partial charge in [0.25, 0.3) is 0 Å². The molecule has 1 aliphatic heterocycles. The van der Waals surface area contributed by atoms with E-state index in [4.69, 9.17) is 16.7 Å². The van der Waals surface area contributed by atoms with E-state index in [0.29, 0.717) is 17.4 Å². The first-order chi connectivity index (χ1) is 9.70. The molecule has 0 spiro atoms. The number of benzene rings is 1. The molecule has 3 nitrogen and oxygen atoms in total. The largest absolute Gasteiger partial charge is 0.396 e. The van der Waals surface area contributed by atoms with Crippen molar-refractivity contribution in [2.24, 2.45) is 5.92 Å². The minimum atomic E-state index is -0.498. The minimum absolute atomic E-state index is 0.279. The predicted molar refractivity (Wildman–Crippen MR) is 81.9 cm³/mol. The van der Waals surface area contributed by atoms with Crippen molar-refractivity contribution in [2.45, 2.75) is 31.8 Å². The van der Waals surface area contributed by atoms with E-state index in [0.717, 1.165) is 31.6 Å². The van der Waals surface area contributed by atoms with Gasteiger partial charge in [0.1, 0.15) is 0 Å². The number of nitrogens with zero attached hydrogens (tertiary/aromatic N) is 1. The van der Waals surface area contributed by atoms with Crippen LogP contribution in [0, 0.1) is 5.92 Å². The summed E-state index contributed by atoms with van der Waals surface area (Å²) in [4.78, 5) is 2.39. The second kappa shape index (κ2) is 7.99. The average Bonchev–Trinajstić information content (AvgIpc) is 2.46. The first-order valence-corrected chi connectivity index (χ1v) is 7.84. The Balaban J connectivity index is 1.81. The molecule has 20 heavy (non-hydrogen) atoms. The number of likely N-dealkylation sites (tertiary alicyclic amines) is 1. The molecule has 0 amide bonds. The molecule has 4 heteroatoms. The summed E-state index contributed by atoms with van der Waals surface area (Å²) in [7, 11) is 0. The van der Waals surface area contributed by atoms with Gasteiger partial charge in [0, 0.05) is 24.7 Å². The minimum Gasteiger partial charge on any atom is -0.396 e. The molecule has 2 rings (SSSR count). The Morgan fingerprint density at radius 2 is 2.15 bits per heavy atom. The third-order valence-corrected chi connectivity index (χ3v) is 4.47. The van der Waals surface area contributed by atoms with Crippen molar-refractivity contribution in [3.8, 4) is 0 Å². The molecule has 1 aromatic rings. The molecule has 1 fully saturated rings. The van der Waals surface area contributed by atoms with Crippen LogP contribution in [0.1, 0.15) is 37.4 Å². The molecule has 0 aromatic heterocycles. The first-order valence-electron chi connectivity index (χ1n) is 7.46. The van der Waals surface area contributed by atoms with Crippen LogP contribution in [-0.2, 0) is 0 Å². The third kappa shape index (κ3) is 4.45. The maximum absolute atomic E-state index is 10.3. The second-order valence-corrected chi connectivity index (χ2v) is 6.05. The molecule has 2 atom stereocenters. The van der Waals surface area contributed by atoms with Crippen LogP contribution < -0.4 is 0 Å². The van der Waals surface area contributed by atoms with Crippen LogP contribution in [0.2, 0.25) is 5.02 Å². The van der Waals surface area contributed by atoms with Crippen molar-refractivity contribution in [3.05, 3.63) is 34.9 Å². The highest BCUT2D eigenvalue weighted by Gasteiger charge is 2.20. The number of aliphatic hydroxyl groups is 2. The van der Waals surface area contributed by atoms with Crippen molar-refractivity contribution < 1.29 is 10.2 Å².